The minimum absolute atomic E-state index is 0.176. The number of carbonyl (C=O) groups is 1. The lowest BCUT2D eigenvalue weighted by atomic mass is 9.99. The van der Waals surface area contributed by atoms with Crippen molar-refractivity contribution < 1.29 is 15.0 Å². The van der Waals surface area contributed by atoms with Crippen LogP contribution in [0.3, 0.4) is 0 Å². The maximum Gasteiger partial charge on any atom is 0.306 e. The van der Waals surface area contributed by atoms with Crippen LogP contribution in [-0.4, -0.2) is 39.8 Å². The highest BCUT2D eigenvalue weighted by Gasteiger charge is 2.39. The van der Waals surface area contributed by atoms with E-state index in [1.807, 2.05) is 18.2 Å². The molecule has 1 fully saturated rings. The van der Waals surface area contributed by atoms with Crippen molar-refractivity contribution in [3.63, 3.8) is 0 Å². The number of nitrogens with zero attached hydrogens (tertiary/aromatic N) is 1. The van der Waals surface area contributed by atoms with E-state index < -0.39 is 11.6 Å². The number of β-amino-alcohol motifs (C(OH)–C–C–N with tert-alkyl or cyclic N) is 1. The molecule has 0 aromatic heterocycles. The summed E-state index contributed by atoms with van der Waals surface area (Å²) in [7, 11) is 0. The minimum atomic E-state index is -1.07. The monoisotopic (exact) mass is 249 g/mol. The molecule has 2 atom stereocenters. The minimum Gasteiger partial charge on any atom is -0.481 e. The van der Waals surface area contributed by atoms with Gasteiger partial charge in [-0.25, -0.2) is 0 Å². The third-order valence-electron chi connectivity index (χ3n) is 3.67. The van der Waals surface area contributed by atoms with Crippen LogP contribution in [0.4, 0.5) is 0 Å². The van der Waals surface area contributed by atoms with Gasteiger partial charge in [0.2, 0.25) is 0 Å². The lowest BCUT2D eigenvalue weighted by Gasteiger charge is -2.26. The lowest BCUT2D eigenvalue weighted by molar-refractivity contribution is -0.142. The molecule has 4 nitrogen and oxygen atoms in total. The normalized spacial score (nSPS) is 26.1. The predicted octanol–water partition coefficient (Wildman–Crippen LogP) is 1.66. The molecule has 4 heteroatoms. The molecule has 0 radical (unpaired) electrons. The molecule has 98 valence electrons. The fourth-order valence-corrected chi connectivity index (χ4v) is 2.59. The third kappa shape index (κ3) is 2.89. The van der Waals surface area contributed by atoms with Crippen LogP contribution in [0.5, 0.6) is 0 Å². The Hall–Kier alpha value is -1.39. The standard InChI is InChI=1S/C14H19NO3/c1-11(12-5-3-2-4-6-12)15-8-7-14(18,10-15)9-13(16)17/h2-6,11,18H,7-10H2,1H3,(H,16,17). The molecule has 2 rings (SSSR count). The summed E-state index contributed by atoms with van der Waals surface area (Å²) >= 11 is 0. The van der Waals surface area contributed by atoms with E-state index in [-0.39, 0.29) is 12.5 Å². The second-order valence-corrected chi connectivity index (χ2v) is 5.10. The van der Waals surface area contributed by atoms with Gasteiger partial charge in [-0.05, 0) is 18.9 Å². The smallest absolute Gasteiger partial charge is 0.306 e. The largest absolute Gasteiger partial charge is 0.481 e. The highest BCUT2D eigenvalue weighted by atomic mass is 16.4. The van der Waals surface area contributed by atoms with Crippen molar-refractivity contribution in [2.75, 3.05) is 13.1 Å². The predicted molar refractivity (Wildman–Crippen MR) is 68.2 cm³/mol. The number of carboxylic acid groups (broad SMARTS) is 1. The second-order valence-electron chi connectivity index (χ2n) is 5.10. The maximum atomic E-state index is 10.7. The molecule has 0 spiro atoms. The SMILES string of the molecule is CC(c1ccccc1)N1CCC(O)(CC(=O)O)C1. The van der Waals surface area contributed by atoms with E-state index >= 15 is 0 Å². The molecule has 0 bridgehead atoms. The Morgan fingerprint density at radius 2 is 2.11 bits per heavy atom. The summed E-state index contributed by atoms with van der Waals surface area (Å²) < 4.78 is 0. The first-order valence-electron chi connectivity index (χ1n) is 6.23. The molecule has 0 aliphatic carbocycles. The van der Waals surface area contributed by atoms with E-state index in [9.17, 15) is 9.90 Å². The van der Waals surface area contributed by atoms with E-state index in [0.717, 1.165) is 6.54 Å². The quantitative estimate of drug-likeness (QED) is 0.852. The average molecular weight is 249 g/mol. The Labute approximate surface area is 107 Å². The van der Waals surface area contributed by atoms with Crippen molar-refractivity contribution in [1.29, 1.82) is 0 Å². The van der Waals surface area contributed by atoms with E-state index in [4.69, 9.17) is 5.11 Å². The summed E-state index contributed by atoms with van der Waals surface area (Å²) in [6.45, 7) is 3.25. The highest BCUT2D eigenvalue weighted by Crippen LogP contribution is 2.31. The van der Waals surface area contributed by atoms with E-state index in [2.05, 4.69) is 24.0 Å². The molecule has 2 unspecified atom stereocenters. The van der Waals surface area contributed by atoms with Gasteiger partial charge in [0.25, 0.3) is 0 Å². The second kappa shape index (κ2) is 5.08. The molecule has 1 aromatic carbocycles. The molecular weight excluding hydrogens is 230 g/mol. The van der Waals surface area contributed by atoms with Gasteiger partial charge < -0.3 is 10.2 Å². The summed E-state index contributed by atoms with van der Waals surface area (Å²) in [6, 6.07) is 10.3. The van der Waals surface area contributed by atoms with Gasteiger partial charge in [-0.15, -0.1) is 0 Å². The van der Waals surface area contributed by atoms with Crippen molar-refractivity contribution in [2.45, 2.75) is 31.4 Å². The van der Waals surface area contributed by atoms with Crippen molar-refractivity contribution >= 4 is 5.97 Å². The van der Waals surface area contributed by atoms with Crippen LogP contribution in [0.15, 0.2) is 30.3 Å². The Bertz CT molecular complexity index is 420. The Morgan fingerprint density at radius 3 is 2.72 bits per heavy atom. The van der Waals surface area contributed by atoms with E-state index in [1.54, 1.807) is 0 Å². The van der Waals surface area contributed by atoms with Gasteiger partial charge in [-0.3, -0.25) is 9.69 Å². The number of rotatable bonds is 4. The van der Waals surface area contributed by atoms with Crippen molar-refractivity contribution in [3.05, 3.63) is 35.9 Å². The molecule has 18 heavy (non-hydrogen) atoms. The van der Waals surface area contributed by atoms with Crippen LogP contribution < -0.4 is 0 Å². The Kier molecular flexibility index (Phi) is 3.68. The van der Waals surface area contributed by atoms with Crippen LogP contribution in [0.2, 0.25) is 0 Å². The van der Waals surface area contributed by atoms with Crippen LogP contribution in [0.25, 0.3) is 0 Å². The molecule has 1 heterocycles. The molecule has 0 amide bonds. The molecule has 0 saturated carbocycles. The first-order valence-corrected chi connectivity index (χ1v) is 6.23. The summed E-state index contributed by atoms with van der Waals surface area (Å²) in [5, 5.41) is 19.0. The van der Waals surface area contributed by atoms with Crippen molar-refractivity contribution in [2.24, 2.45) is 0 Å². The van der Waals surface area contributed by atoms with Crippen LogP contribution in [0, 0.1) is 0 Å². The van der Waals surface area contributed by atoms with Crippen molar-refractivity contribution in [3.8, 4) is 0 Å². The van der Waals surface area contributed by atoms with Gasteiger partial charge in [0.05, 0.1) is 12.0 Å². The molecule has 1 aliphatic heterocycles. The molecule has 1 saturated heterocycles. The summed E-state index contributed by atoms with van der Waals surface area (Å²) in [6.07, 6.45) is 0.349. The number of aliphatic carboxylic acids is 1. The first-order chi connectivity index (χ1) is 8.50. The molecule has 1 aliphatic rings. The van der Waals surface area contributed by atoms with E-state index in [0.29, 0.717) is 13.0 Å². The van der Waals surface area contributed by atoms with Gasteiger partial charge in [0.1, 0.15) is 0 Å². The van der Waals surface area contributed by atoms with Crippen molar-refractivity contribution in [1.82, 2.24) is 4.90 Å². The summed E-state index contributed by atoms with van der Waals surface area (Å²) in [5.41, 5.74) is 0.117. The van der Waals surface area contributed by atoms with Crippen LogP contribution in [-0.2, 0) is 4.79 Å². The first kappa shape index (κ1) is 13.1. The topological polar surface area (TPSA) is 60.8 Å². The third-order valence-corrected chi connectivity index (χ3v) is 3.67. The van der Waals surface area contributed by atoms with Gasteiger partial charge in [-0.1, -0.05) is 30.3 Å². The van der Waals surface area contributed by atoms with Crippen LogP contribution >= 0.6 is 0 Å². The number of hydrogen-bond acceptors (Lipinski definition) is 3. The average Bonchev–Trinajstić information content (AvgIpc) is 2.70. The van der Waals surface area contributed by atoms with Gasteiger partial charge in [0, 0.05) is 19.1 Å². The van der Waals surface area contributed by atoms with E-state index in [1.165, 1.54) is 5.56 Å². The highest BCUT2D eigenvalue weighted by molar-refractivity contribution is 5.68. The van der Waals surface area contributed by atoms with Crippen LogP contribution in [0.1, 0.15) is 31.4 Å². The Morgan fingerprint density at radius 1 is 1.44 bits per heavy atom. The number of likely N-dealkylation sites (tertiary alicyclic amines) is 1. The maximum absolute atomic E-state index is 10.7. The number of hydrogen-bond donors (Lipinski definition) is 2. The zero-order valence-corrected chi connectivity index (χ0v) is 10.5. The van der Waals surface area contributed by atoms with Gasteiger partial charge in [0.15, 0.2) is 0 Å². The number of aliphatic hydroxyl groups is 1. The fourth-order valence-electron chi connectivity index (χ4n) is 2.59. The zero-order chi connectivity index (χ0) is 13.2. The molecular formula is C14H19NO3. The lowest BCUT2D eigenvalue weighted by Crippen LogP contribution is -2.36. The number of carboxylic acids is 1. The molecule has 2 N–H and O–H groups in total. The molecule has 1 aromatic rings. The zero-order valence-electron chi connectivity index (χ0n) is 10.5. The van der Waals surface area contributed by atoms with Gasteiger partial charge >= 0.3 is 5.97 Å². The fraction of sp³-hybridized carbons (Fsp3) is 0.500. The summed E-state index contributed by atoms with van der Waals surface area (Å²) in [5.74, 6) is -0.938. The number of benzene rings is 1. The Balaban J connectivity index is 2.03. The summed E-state index contributed by atoms with van der Waals surface area (Å²) in [4.78, 5) is 12.9. The van der Waals surface area contributed by atoms with Gasteiger partial charge in [-0.2, -0.15) is 0 Å².